The summed E-state index contributed by atoms with van der Waals surface area (Å²) >= 11 is 14.0. The van der Waals surface area contributed by atoms with Gasteiger partial charge in [-0.05, 0) is 127 Å². The van der Waals surface area contributed by atoms with E-state index in [9.17, 15) is 9.59 Å². The number of hydrogen-bond acceptors (Lipinski definition) is 16. The molecule has 0 saturated heterocycles. The molecule has 18 heteroatoms. The van der Waals surface area contributed by atoms with Gasteiger partial charge in [0.1, 0.15) is 61.5 Å². The van der Waals surface area contributed by atoms with Crippen molar-refractivity contribution in [3.8, 4) is 34.1 Å². The predicted molar refractivity (Wildman–Crippen MR) is 323 cm³/mol. The summed E-state index contributed by atoms with van der Waals surface area (Å²) in [5, 5.41) is 7.36. The highest BCUT2D eigenvalue weighted by Gasteiger charge is 2.32. The monoisotopic (exact) mass is 1160 g/mol. The second-order valence-corrected chi connectivity index (χ2v) is 22.6. The van der Waals surface area contributed by atoms with E-state index in [2.05, 4.69) is 56.6 Å². The molecule has 0 bridgehead atoms. The molecule has 0 unspecified atom stereocenters. The van der Waals surface area contributed by atoms with Crippen LogP contribution in [-0.2, 0) is 68.1 Å². The summed E-state index contributed by atoms with van der Waals surface area (Å²) in [6, 6.07) is 21.7. The third-order valence-corrected chi connectivity index (χ3v) is 13.7. The summed E-state index contributed by atoms with van der Waals surface area (Å²) in [6.07, 6.45) is 9.34. The number of halogens is 2. The Labute approximate surface area is 493 Å². The fourth-order valence-corrected chi connectivity index (χ4v) is 9.74. The normalized spacial score (nSPS) is 13.4. The quantitative estimate of drug-likeness (QED) is 0.0367. The first-order valence-corrected chi connectivity index (χ1v) is 27.8. The van der Waals surface area contributed by atoms with Crippen LogP contribution in [0.25, 0.3) is 11.1 Å². The number of nitrogens with zero attached hydrogens (tertiary/aromatic N) is 4. The molecular formula is C64H78Cl2N6O10. The average molecular weight is 1160 g/mol. The van der Waals surface area contributed by atoms with Crippen molar-refractivity contribution in [1.82, 2.24) is 20.6 Å². The number of aromatic nitrogens is 2. The highest BCUT2D eigenvalue weighted by molar-refractivity contribution is 6.32. The smallest absolute Gasteiger partial charge is 0.325 e. The molecule has 0 aliphatic heterocycles. The summed E-state index contributed by atoms with van der Waals surface area (Å²) in [7, 11) is 6.11. The highest BCUT2D eigenvalue weighted by Crippen LogP contribution is 2.38. The second kappa shape index (κ2) is 29.9. The van der Waals surface area contributed by atoms with Crippen LogP contribution in [0.4, 0.5) is 0 Å². The number of pyridine rings is 2. The van der Waals surface area contributed by atoms with E-state index in [1.54, 1.807) is 75.6 Å². The second-order valence-electron chi connectivity index (χ2n) is 21.8. The zero-order chi connectivity index (χ0) is 59.7. The molecule has 0 spiro atoms. The van der Waals surface area contributed by atoms with Crippen LogP contribution in [0.5, 0.6) is 23.0 Å². The van der Waals surface area contributed by atoms with Gasteiger partial charge >= 0.3 is 11.9 Å². The lowest BCUT2D eigenvalue weighted by Crippen LogP contribution is -2.48. The maximum atomic E-state index is 13.0. The van der Waals surface area contributed by atoms with Crippen molar-refractivity contribution in [3.63, 3.8) is 0 Å². The molecule has 0 amide bonds. The first kappa shape index (κ1) is 64.3. The Morgan fingerprint density at radius 2 is 0.927 bits per heavy atom. The molecule has 2 heterocycles. The number of esters is 2. The van der Waals surface area contributed by atoms with Gasteiger partial charge in [-0.15, -0.1) is 0 Å². The molecule has 0 radical (unpaired) electrons. The van der Waals surface area contributed by atoms with Gasteiger partial charge in [-0.3, -0.25) is 40.2 Å². The number of rotatable bonds is 27. The van der Waals surface area contributed by atoms with Gasteiger partial charge in [0.25, 0.3) is 0 Å². The molecule has 6 rings (SSSR count). The fraction of sp³-hybridized carbons (Fsp3) is 0.406. The van der Waals surface area contributed by atoms with Crippen LogP contribution in [0.15, 0.2) is 108 Å². The minimum Gasteiger partial charge on any atom is -0.488 e. The Morgan fingerprint density at radius 1 is 0.549 bits per heavy atom. The van der Waals surface area contributed by atoms with Crippen molar-refractivity contribution in [2.75, 3.05) is 28.3 Å². The predicted octanol–water partition coefficient (Wildman–Crippen LogP) is 12.2. The number of nitrogens with one attached hydrogen (secondary N) is 2. The largest absolute Gasteiger partial charge is 0.488 e. The molecular weight excluding hydrogens is 1080 g/mol. The van der Waals surface area contributed by atoms with E-state index in [1.807, 2.05) is 91.8 Å². The molecule has 2 aromatic heterocycles. The minimum absolute atomic E-state index is 0.186. The van der Waals surface area contributed by atoms with Crippen LogP contribution in [0.1, 0.15) is 111 Å². The average Bonchev–Trinajstić information content (AvgIpc) is 3.54. The molecule has 82 heavy (non-hydrogen) atoms. The van der Waals surface area contributed by atoms with Gasteiger partial charge in [0.05, 0.1) is 47.7 Å². The lowest BCUT2D eigenvalue weighted by molar-refractivity contribution is -0.152. The third-order valence-electron chi connectivity index (χ3n) is 13.1. The van der Waals surface area contributed by atoms with Crippen LogP contribution >= 0.6 is 23.2 Å². The summed E-state index contributed by atoms with van der Waals surface area (Å²) in [6.45, 7) is 20.6. The number of benzene rings is 4. The molecule has 0 aliphatic rings. The van der Waals surface area contributed by atoms with Gasteiger partial charge in [0.2, 0.25) is 0 Å². The molecule has 2 N–H and O–H groups in total. The van der Waals surface area contributed by atoms with E-state index in [0.29, 0.717) is 44.2 Å². The maximum Gasteiger partial charge on any atom is 0.325 e. The summed E-state index contributed by atoms with van der Waals surface area (Å²) < 4.78 is 48.7. The van der Waals surface area contributed by atoms with Crippen molar-refractivity contribution in [2.24, 2.45) is 9.98 Å². The van der Waals surface area contributed by atoms with Crippen molar-refractivity contribution in [2.45, 2.75) is 144 Å². The van der Waals surface area contributed by atoms with Gasteiger partial charge in [-0.1, -0.05) is 59.6 Å². The molecule has 0 fully saturated rings. The first-order valence-electron chi connectivity index (χ1n) is 27.0. The van der Waals surface area contributed by atoms with Crippen LogP contribution in [-0.4, -0.2) is 98.1 Å². The van der Waals surface area contributed by atoms with E-state index in [4.69, 9.17) is 61.1 Å². The topological polar surface area (TPSA) is 183 Å². The number of carbonyl (C=O) groups excluding carboxylic acids is 2. The molecule has 4 atom stereocenters. The standard InChI is InChI=1S/C64H78Cl2N6O10/c1-39-47(37-79-57-25-55(77-35-45-21-43(27-67-11)29-69-31-45)49(23-53(57)65)33-71-59(61(73)75-13)41(3)81-63(5,6)7)17-15-19-51(39)52-20-16-18-48(40(52)2)38-80-58-26-56(78-36-46-22-44(28-68-12)30-70-32-46)50(24-54(58)66)34-72-60(62(74)76-14)42(4)82-64(8,9)10/h15-32,41-42,59-60,71-72H,33-38H2,1-14H3/t41-,42-,59+,60+/m1/s1. The molecule has 0 aliphatic carbocycles. The van der Waals surface area contributed by atoms with E-state index >= 15 is 0 Å². The Bertz CT molecular complexity index is 2980. The SMILES string of the molecule is CN=Cc1cncc(COc2cc(OCc3cccc(-c4cccc(COc5cc(OCc6cncc(C=NC)c6)c(CN[C@H](C(=O)OC)[C@@H](C)OC(C)(C)C)cc5Cl)c4C)c3C)c(Cl)cc2CN[C@H](C(=O)OC)[C@@H](C)OC(C)(C)C)c1. The van der Waals surface area contributed by atoms with Crippen LogP contribution < -0.4 is 29.6 Å². The maximum absolute atomic E-state index is 13.0. The Morgan fingerprint density at radius 3 is 1.28 bits per heavy atom. The molecule has 4 aromatic carbocycles. The number of hydrogen-bond donors (Lipinski definition) is 2. The van der Waals surface area contributed by atoms with E-state index in [0.717, 1.165) is 55.6 Å². The fourth-order valence-electron chi connectivity index (χ4n) is 9.25. The van der Waals surface area contributed by atoms with Gasteiger partial charge in [0.15, 0.2) is 0 Å². The van der Waals surface area contributed by atoms with Gasteiger partial charge < -0.3 is 37.9 Å². The van der Waals surface area contributed by atoms with Crippen LogP contribution in [0.3, 0.4) is 0 Å². The van der Waals surface area contributed by atoms with Gasteiger partial charge in [0, 0.05) is 110 Å². The third kappa shape index (κ3) is 18.5. The van der Waals surface area contributed by atoms with E-state index in [1.165, 1.54) is 14.2 Å². The lowest BCUT2D eigenvalue weighted by atomic mass is 9.92. The number of ether oxygens (including phenoxy) is 8. The van der Waals surface area contributed by atoms with Gasteiger partial charge in [-0.2, -0.15) is 0 Å². The zero-order valence-electron chi connectivity index (χ0n) is 49.6. The van der Waals surface area contributed by atoms with Crippen LogP contribution in [0, 0.1) is 13.8 Å². The minimum atomic E-state index is -0.787. The summed E-state index contributed by atoms with van der Waals surface area (Å²) in [4.78, 5) is 43.1. The van der Waals surface area contributed by atoms with Crippen molar-refractivity contribution in [1.29, 1.82) is 0 Å². The molecule has 438 valence electrons. The summed E-state index contributed by atoms with van der Waals surface area (Å²) in [5.41, 5.74) is 9.67. The number of methoxy groups -OCH3 is 2. The lowest BCUT2D eigenvalue weighted by Gasteiger charge is -2.30. The van der Waals surface area contributed by atoms with Gasteiger partial charge in [-0.25, -0.2) is 0 Å². The zero-order valence-corrected chi connectivity index (χ0v) is 51.1. The first-order chi connectivity index (χ1) is 39.0. The van der Waals surface area contributed by atoms with Crippen molar-refractivity contribution >= 4 is 47.6 Å². The molecule has 6 aromatic rings. The van der Waals surface area contributed by atoms with E-state index in [-0.39, 0.29) is 39.5 Å². The summed E-state index contributed by atoms with van der Waals surface area (Å²) in [5.74, 6) is 0.892. The Hall–Kier alpha value is -6.92. The Kier molecular flexibility index (Phi) is 23.4. The molecule has 16 nitrogen and oxygen atoms in total. The molecule has 0 saturated carbocycles. The van der Waals surface area contributed by atoms with Crippen LogP contribution in [0.2, 0.25) is 10.0 Å². The Balaban J connectivity index is 1.24. The highest BCUT2D eigenvalue weighted by atomic mass is 35.5. The van der Waals surface area contributed by atoms with Crippen molar-refractivity contribution in [3.05, 3.63) is 163 Å². The number of aliphatic imine (C=N–C) groups is 2. The number of carbonyl (C=O) groups is 2. The van der Waals surface area contributed by atoms with Crippen molar-refractivity contribution < 1.29 is 47.5 Å². The van der Waals surface area contributed by atoms with E-state index < -0.39 is 47.4 Å².